The fraction of sp³-hybridized carbons (Fsp3) is 0.333. The maximum absolute atomic E-state index is 12.4. The number of benzene rings is 2. The summed E-state index contributed by atoms with van der Waals surface area (Å²) in [5.74, 6) is 0.430. The molecule has 0 spiro atoms. The quantitative estimate of drug-likeness (QED) is 0.741. The van der Waals surface area contributed by atoms with Crippen LogP contribution in [0.5, 0.6) is 0 Å². The molecule has 1 aliphatic rings. The average molecular weight is 419 g/mol. The summed E-state index contributed by atoms with van der Waals surface area (Å²) in [6.07, 6.45) is 0. The number of nitrogens with one attached hydrogen (secondary N) is 1. The number of thioether (sulfide) groups is 1. The van der Waals surface area contributed by atoms with E-state index in [4.69, 9.17) is 16.3 Å². The highest BCUT2D eigenvalue weighted by molar-refractivity contribution is 8.00. The number of hydrogen-bond donors (Lipinski definition) is 1. The second-order valence-electron chi connectivity index (χ2n) is 6.76. The van der Waals surface area contributed by atoms with E-state index in [2.05, 4.69) is 5.32 Å². The van der Waals surface area contributed by atoms with Gasteiger partial charge in [0.1, 0.15) is 5.37 Å². The first-order valence-corrected chi connectivity index (χ1v) is 10.5. The van der Waals surface area contributed by atoms with Gasteiger partial charge in [-0.25, -0.2) is 0 Å². The number of carbonyl (C=O) groups is 2. The molecule has 1 heterocycles. The molecule has 1 aliphatic heterocycles. The van der Waals surface area contributed by atoms with E-state index in [9.17, 15) is 9.59 Å². The Balaban J connectivity index is 1.70. The van der Waals surface area contributed by atoms with Crippen LogP contribution < -0.4 is 5.32 Å². The summed E-state index contributed by atoms with van der Waals surface area (Å²) in [7, 11) is 1.60. The largest absolute Gasteiger partial charge is 0.383 e. The minimum Gasteiger partial charge on any atom is -0.383 e. The van der Waals surface area contributed by atoms with Gasteiger partial charge in [0.2, 0.25) is 5.91 Å². The third kappa shape index (κ3) is 5.07. The Morgan fingerprint density at radius 1 is 1.25 bits per heavy atom. The van der Waals surface area contributed by atoms with Crippen molar-refractivity contribution in [2.24, 2.45) is 0 Å². The zero-order chi connectivity index (χ0) is 20.1. The summed E-state index contributed by atoms with van der Waals surface area (Å²) in [5.41, 5.74) is 2.63. The summed E-state index contributed by atoms with van der Waals surface area (Å²) < 4.78 is 5.04. The highest BCUT2D eigenvalue weighted by Crippen LogP contribution is 2.39. The van der Waals surface area contributed by atoms with Gasteiger partial charge in [-0.15, -0.1) is 11.8 Å². The highest BCUT2D eigenvalue weighted by atomic mass is 35.5. The third-order valence-corrected chi connectivity index (χ3v) is 5.99. The zero-order valence-electron chi connectivity index (χ0n) is 15.9. The fourth-order valence-electron chi connectivity index (χ4n) is 3.09. The molecule has 0 aromatic heterocycles. The van der Waals surface area contributed by atoms with Gasteiger partial charge in [0.15, 0.2) is 0 Å². The maximum atomic E-state index is 12.4. The first kappa shape index (κ1) is 20.7. The minimum atomic E-state index is -0.135. The van der Waals surface area contributed by atoms with Crippen LogP contribution in [0.25, 0.3) is 0 Å². The van der Waals surface area contributed by atoms with E-state index in [0.29, 0.717) is 29.5 Å². The van der Waals surface area contributed by atoms with Gasteiger partial charge in [-0.3, -0.25) is 9.59 Å². The Morgan fingerprint density at radius 3 is 2.57 bits per heavy atom. The van der Waals surface area contributed by atoms with Crippen molar-refractivity contribution in [1.82, 2.24) is 10.2 Å². The van der Waals surface area contributed by atoms with Crippen LogP contribution in [0.4, 0.5) is 0 Å². The van der Waals surface area contributed by atoms with Crippen LogP contribution in [0.3, 0.4) is 0 Å². The van der Waals surface area contributed by atoms with Crippen LogP contribution in [0.1, 0.15) is 33.8 Å². The molecule has 1 fully saturated rings. The van der Waals surface area contributed by atoms with Gasteiger partial charge in [-0.05, 0) is 42.3 Å². The summed E-state index contributed by atoms with van der Waals surface area (Å²) in [5, 5.41) is 3.51. The molecule has 1 saturated heterocycles. The van der Waals surface area contributed by atoms with Crippen molar-refractivity contribution in [3.05, 3.63) is 70.2 Å². The Bertz CT molecular complexity index is 827. The molecule has 7 heteroatoms. The predicted octanol–water partition coefficient (Wildman–Crippen LogP) is 3.88. The second-order valence-corrected chi connectivity index (χ2v) is 8.27. The highest BCUT2D eigenvalue weighted by Gasteiger charge is 2.32. The molecule has 0 bridgehead atoms. The Hall–Kier alpha value is -2.02. The lowest BCUT2D eigenvalue weighted by molar-refractivity contribution is -0.128. The zero-order valence-corrected chi connectivity index (χ0v) is 17.4. The Labute approximate surface area is 174 Å². The third-order valence-electron chi connectivity index (χ3n) is 4.49. The second kappa shape index (κ2) is 9.45. The first-order valence-electron chi connectivity index (χ1n) is 9.03. The van der Waals surface area contributed by atoms with Crippen molar-refractivity contribution < 1.29 is 14.3 Å². The summed E-state index contributed by atoms with van der Waals surface area (Å²) in [4.78, 5) is 26.6. The van der Waals surface area contributed by atoms with Gasteiger partial charge in [-0.1, -0.05) is 35.9 Å². The smallest absolute Gasteiger partial charge is 0.251 e. The number of amides is 2. The molecule has 0 aliphatic carbocycles. The van der Waals surface area contributed by atoms with Gasteiger partial charge >= 0.3 is 0 Å². The van der Waals surface area contributed by atoms with E-state index in [1.54, 1.807) is 31.0 Å². The van der Waals surface area contributed by atoms with E-state index in [-0.39, 0.29) is 23.2 Å². The standard InChI is InChI=1S/C21H23ClN2O3S/c1-14(12-27-2)23-20(26)16-5-7-17(8-6-16)21-24(19(25)13-28-21)11-15-3-9-18(22)10-4-15/h3-10,14,21H,11-13H2,1-2H3,(H,23,26)/t14-,21-/m1/s1. The van der Waals surface area contributed by atoms with E-state index < -0.39 is 0 Å². The molecule has 1 N–H and O–H groups in total. The van der Waals surface area contributed by atoms with Crippen molar-refractivity contribution in [3.63, 3.8) is 0 Å². The topological polar surface area (TPSA) is 58.6 Å². The van der Waals surface area contributed by atoms with E-state index in [1.807, 2.05) is 48.2 Å². The normalized spacial score (nSPS) is 17.6. The maximum Gasteiger partial charge on any atom is 0.251 e. The van der Waals surface area contributed by atoms with Crippen molar-refractivity contribution in [2.75, 3.05) is 19.5 Å². The first-order chi connectivity index (χ1) is 13.5. The predicted molar refractivity (Wildman–Crippen MR) is 112 cm³/mol. The summed E-state index contributed by atoms with van der Waals surface area (Å²) in [6, 6.07) is 14.9. The minimum absolute atomic E-state index is 0.0601. The molecule has 2 amide bonds. The van der Waals surface area contributed by atoms with Crippen LogP contribution in [0.2, 0.25) is 5.02 Å². The fourth-order valence-corrected chi connectivity index (χ4v) is 4.40. The molecule has 148 valence electrons. The van der Waals surface area contributed by atoms with Crippen LogP contribution in [0.15, 0.2) is 48.5 Å². The van der Waals surface area contributed by atoms with Crippen molar-refractivity contribution >= 4 is 35.2 Å². The van der Waals surface area contributed by atoms with E-state index in [0.717, 1.165) is 11.1 Å². The number of hydrogen-bond acceptors (Lipinski definition) is 4. The van der Waals surface area contributed by atoms with Crippen LogP contribution in [-0.4, -0.2) is 42.2 Å². The van der Waals surface area contributed by atoms with Gasteiger partial charge in [-0.2, -0.15) is 0 Å². The van der Waals surface area contributed by atoms with Gasteiger partial charge in [0, 0.05) is 30.3 Å². The van der Waals surface area contributed by atoms with E-state index >= 15 is 0 Å². The number of rotatable bonds is 7. The molecule has 2 aromatic carbocycles. The van der Waals surface area contributed by atoms with Gasteiger partial charge < -0.3 is 15.0 Å². The summed E-state index contributed by atoms with van der Waals surface area (Å²) >= 11 is 7.55. The van der Waals surface area contributed by atoms with Crippen molar-refractivity contribution in [2.45, 2.75) is 24.9 Å². The lowest BCUT2D eigenvalue weighted by atomic mass is 10.1. The Morgan fingerprint density at radius 2 is 1.93 bits per heavy atom. The molecule has 0 radical (unpaired) electrons. The Kier molecular flexibility index (Phi) is 6.99. The molecular formula is C21H23ClN2O3S. The average Bonchev–Trinajstić information content (AvgIpc) is 3.04. The van der Waals surface area contributed by atoms with Crippen LogP contribution >= 0.6 is 23.4 Å². The van der Waals surface area contributed by atoms with Gasteiger partial charge in [0.25, 0.3) is 5.91 Å². The van der Waals surface area contributed by atoms with Crippen molar-refractivity contribution in [1.29, 1.82) is 0 Å². The monoisotopic (exact) mass is 418 g/mol. The number of halogens is 1. The van der Waals surface area contributed by atoms with Gasteiger partial charge in [0.05, 0.1) is 12.4 Å². The van der Waals surface area contributed by atoms with Crippen LogP contribution in [0, 0.1) is 0 Å². The molecule has 0 unspecified atom stereocenters. The van der Waals surface area contributed by atoms with Crippen molar-refractivity contribution in [3.8, 4) is 0 Å². The number of methoxy groups -OCH3 is 1. The summed E-state index contributed by atoms with van der Waals surface area (Å²) in [6.45, 7) is 2.89. The lowest BCUT2D eigenvalue weighted by Gasteiger charge is -2.24. The van der Waals surface area contributed by atoms with Crippen LogP contribution in [-0.2, 0) is 16.1 Å². The van der Waals surface area contributed by atoms with E-state index in [1.165, 1.54) is 0 Å². The molecule has 3 rings (SSSR count). The molecule has 2 aromatic rings. The SMILES string of the molecule is COC[C@@H](C)NC(=O)c1ccc([C@H]2SCC(=O)N2Cc2ccc(Cl)cc2)cc1. The number of ether oxygens (including phenoxy) is 1. The molecular weight excluding hydrogens is 396 g/mol. The molecule has 28 heavy (non-hydrogen) atoms. The molecule has 2 atom stereocenters. The molecule has 5 nitrogen and oxygen atoms in total. The lowest BCUT2D eigenvalue weighted by Crippen LogP contribution is -2.35. The number of nitrogens with zero attached hydrogens (tertiary/aromatic N) is 1. The molecule has 0 saturated carbocycles. The number of carbonyl (C=O) groups excluding carboxylic acids is 2.